The predicted octanol–water partition coefficient (Wildman–Crippen LogP) is 5.13. The smallest absolute Gasteiger partial charge is 0.181 e. The summed E-state index contributed by atoms with van der Waals surface area (Å²) in [6, 6.07) is 0.497. The Morgan fingerprint density at radius 2 is 1.96 bits per heavy atom. The molecule has 0 heterocycles. The fourth-order valence-corrected chi connectivity index (χ4v) is 4.25. The van der Waals surface area contributed by atoms with Gasteiger partial charge in [-0.05, 0) is 76.7 Å². The number of hydrogen-bond donors (Lipinski definition) is 1. The average Bonchev–Trinajstić information content (AvgIpc) is 2.82. The van der Waals surface area contributed by atoms with Crippen LogP contribution in [0.25, 0.3) is 0 Å². The Hall–Kier alpha value is -1.60. The van der Waals surface area contributed by atoms with Crippen LogP contribution < -0.4 is 5.32 Å². The first-order valence-corrected chi connectivity index (χ1v) is 9.87. The molecular weight excluding hydrogens is 308 g/mol. The van der Waals surface area contributed by atoms with E-state index in [-0.39, 0.29) is 5.78 Å². The molecule has 1 N–H and O–H groups in total. The lowest BCUT2D eigenvalue weighted by molar-refractivity contribution is -0.113. The van der Waals surface area contributed by atoms with Crippen molar-refractivity contribution in [3.8, 4) is 0 Å². The van der Waals surface area contributed by atoms with E-state index in [4.69, 9.17) is 0 Å². The molecule has 0 spiro atoms. The number of nitrogens with one attached hydrogen (secondary N) is 1. The van der Waals surface area contributed by atoms with E-state index in [1.54, 1.807) is 7.05 Å². The molecular formula is C22H34N2O. The number of hydrogen-bond acceptors (Lipinski definition) is 3. The Labute approximate surface area is 153 Å². The van der Waals surface area contributed by atoms with E-state index in [0.29, 0.717) is 18.4 Å². The van der Waals surface area contributed by atoms with Gasteiger partial charge in [-0.1, -0.05) is 18.6 Å². The molecule has 2 unspecified atom stereocenters. The first-order chi connectivity index (χ1) is 12.0. The second-order valence-electron chi connectivity index (χ2n) is 7.68. The third-order valence-electron chi connectivity index (χ3n) is 5.77. The van der Waals surface area contributed by atoms with Crippen molar-refractivity contribution in [1.82, 2.24) is 5.32 Å². The molecule has 2 aliphatic carbocycles. The van der Waals surface area contributed by atoms with Gasteiger partial charge in [0.15, 0.2) is 5.78 Å². The van der Waals surface area contributed by atoms with E-state index in [0.717, 1.165) is 43.5 Å². The third kappa shape index (κ3) is 5.71. The van der Waals surface area contributed by atoms with E-state index in [1.807, 2.05) is 6.92 Å². The Kier molecular flexibility index (Phi) is 7.71. The second-order valence-corrected chi connectivity index (χ2v) is 7.68. The van der Waals surface area contributed by atoms with Gasteiger partial charge in [-0.2, -0.15) is 0 Å². The van der Waals surface area contributed by atoms with Gasteiger partial charge in [0.2, 0.25) is 0 Å². The zero-order chi connectivity index (χ0) is 18.2. The van der Waals surface area contributed by atoms with Crippen LogP contribution >= 0.6 is 0 Å². The largest absolute Gasteiger partial charge is 0.380 e. The molecule has 1 saturated carbocycles. The maximum atomic E-state index is 12.9. The van der Waals surface area contributed by atoms with Gasteiger partial charge in [0.1, 0.15) is 5.71 Å². The molecule has 138 valence electrons. The second kappa shape index (κ2) is 9.77. The Balaban J connectivity index is 1.94. The molecule has 3 heteroatoms. The van der Waals surface area contributed by atoms with Gasteiger partial charge < -0.3 is 5.32 Å². The van der Waals surface area contributed by atoms with Gasteiger partial charge in [0.25, 0.3) is 0 Å². The molecule has 0 aromatic heterocycles. The number of rotatable bonds is 6. The number of carbonyl (C=O) groups excluding carboxylic acids is 1. The van der Waals surface area contributed by atoms with Crippen LogP contribution in [0.3, 0.4) is 0 Å². The monoisotopic (exact) mass is 342 g/mol. The van der Waals surface area contributed by atoms with Crippen LogP contribution in [0, 0.1) is 5.92 Å². The van der Waals surface area contributed by atoms with Crippen LogP contribution in [0.4, 0.5) is 0 Å². The highest BCUT2D eigenvalue weighted by molar-refractivity contribution is 6.46. The summed E-state index contributed by atoms with van der Waals surface area (Å²) in [5, 5.41) is 3.50. The van der Waals surface area contributed by atoms with Crippen molar-refractivity contribution in [1.29, 1.82) is 0 Å². The standard InChI is InChI=1S/C22H34N2O/c1-5-17(3)24-19-11-8-10-18(13-14-19)15-21(25)22(23-4)20-12-7-6-9-16(20)2/h18-19,24H,1,6-15H2,2-4H3. The zero-order valence-corrected chi connectivity index (χ0v) is 16.3. The fourth-order valence-electron chi connectivity index (χ4n) is 4.25. The Bertz CT molecular complexity index is 593. The quantitative estimate of drug-likeness (QED) is 0.413. The highest BCUT2D eigenvalue weighted by Gasteiger charge is 2.25. The van der Waals surface area contributed by atoms with E-state index >= 15 is 0 Å². The molecule has 1 fully saturated rings. The molecule has 2 aliphatic rings. The van der Waals surface area contributed by atoms with Gasteiger partial charge in [-0.3, -0.25) is 9.79 Å². The first kappa shape index (κ1) is 19.7. The maximum Gasteiger partial charge on any atom is 0.181 e. The van der Waals surface area contributed by atoms with Crippen LogP contribution in [0.5, 0.6) is 0 Å². The van der Waals surface area contributed by atoms with Crippen molar-refractivity contribution in [3.05, 3.63) is 29.2 Å². The predicted molar refractivity (Wildman–Crippen MR) is 106 cm³/mol. The topological polar surface area (TPSA) is 41.5 Å². The van der Waals surface area contributed by atoms with Gasteiger partial charge in [-0.15, -0.1) is 5.73 Å². The molecule has 0 bridgehead atoms. The number of allylic oxidation sites excluding steroid dienone is 3. The number of ketones is 1. The summed E-state index contributed by atoms with van der Waals surface area (Å²) >= 11 is 0. The minimum absolute atomic E-state index is 0.261. The SMILES string of the molecule is C=C=C(C)NC1CCCC(CC(=O)C(=NC)C2=C(C)CCCC2)CC1. The summed E-state index contributed by atoms with van der Waals surface area (Å²) in [6.45, 7) is 7.88. The van der Waals surface area contributed by atoms with Crippen molar-refractivity contribution in [2.75, 3.05) is 7.05 Å². The molecule has 25 heavy (non-hydrogen) atoms. The fraction of sp³-hybridized carbons (Fsp3) is 0.682. The van der Waals surface area contributed by atoms with Crippen molar-refractivity contribution in [2.45, 2.75) is 84.1 Å². The lowest BCUT2D eigenvalue weighted by Crippen LogP contribution is -2.26. The highest BCUT2D eigenvalue weighted by Crippen LogP contribution is 2.29. The lowest BCUT2D eigenvalue weighted by atomic mass is 9.85. The van der Waals surface area contributed by atoms with E-state index in [2.05, 4.69) is 29.5 Å². The summed E-state index contributed by atoms with van der Waals surface area (Å²) in [5.74, 6) is 0.755. The molecule has 0 radical (unpaired) electrons. The molecule has 0 saturated heterocycles. The molecule has 0 aromatic carbocycles. The maximum absolute atomic E-state index is 12.9. The van der Waals surface area contributed by atoms with Crippen LogP contribution in [0.2, 0.25) is 0 Å². The van der Waals surface area contributed by atoms with E-state index < -0.39 is 0 Å². The minimum atomic E-state index is 0.261. The summed E-state index contributed by atoms with van der Waals surface area (Å²) in [6.07, 6.45) is 11.0. The van der Waals surface area contributed by atoms with Gasteiger partial charge >= 0.3 is 0 Å². The molecule has 2 rings (SSSR count). The molecule has 0 aliphatic heterocycles. The number of nitrogens with zero attached hydrogens (tertiary/aromatic N) is 1. The summed E-state index contributed by atoms with van der Waals surface area (Å²) < 4.78 is 0. The van der Waals surface area contributed by atoms with Crippen LogP contribution in [-0.4, -0.2) is 24.6 Å². The Morgan fingerprint density at radius 1 is 1.20 bits per heavy atom. The van der Waals surface area contributed by atoms with Gasteiger partial charge in [0.05, 0.1) is 5.70 Å². The summed E-state index contributed by atoms with van der Waals surface area (Å²) in [7, 11) is 1.78. The van der Waals surface area contributed by atoms with Crippen molar-refractivity contribution < 1.29 is 4.79 Å². The average molecular weight is 343 g/mol. The minimum Gasteiger partial charge on any atom is -0.380 e. The number of carbonyl (C=O) groups is 1. The molecule has 3 nitrogen and oxygen atoms in total. The number of Topliss-reactive ketones (excluding diaryl/α,β-unsaturated/α-hetero) is 1. The third-order valence-corrected chi connectivity index (χ3v) is 5.77. The first-order valence-electron chi connectivity index (χ1n) is 9.87. The van der Waals surface area contributed by atoms with Crippen LogP contribution in [-0.2, 0) is 4.79 Å². The van der Waals surface area contributed by atoms with Crippen molar-refractivity contribution >= 4 is 11.5 Å². The molecule has 0 amide bonds. The summed E-state index contributed by atoms with van der Waals surface area (Å²) in [4.78, 5) is 17.3. The lowest BCUT2D eigenvalue weighted by Gasteiger charge is -2.20. The molecule has 2 atom stereocenters. The van der Waals surface area contributed by atoms with Gasteiger partial charge in [-0.25, -0.2) is 0 Å². The van der Waals surface area contributed by atoms with Gasteiger partial charge in [0, 0.05) is 19.5 Å². The van der Waals surface area contributed by atoms with Crippen molar-refractivity contribution in [2.24, 2.45) is 10.9 Å². The Morgan fingerprint density at radius 3 is 2.64 bits per heavy atom. The zero-order valence-electron chi connectivity index (χ0n) is 16.3. The van der Waals surface area contributed by atoms with Crippen molar-refractivity contribution in [3.63, 3.8) is 0 Å². The normalized spacial score (nSPS) is 25.2. The highest BCUT2D eigenvalue weighted by atomic mass is 16.1. The van der Waals surface area contributed by atoms with E-state index in [1.165, 1.54) is 36.8 Å². The van der Waals surface area contributed by atoms with E-state index in [9.17, 15) is 4.79 Å². The molecule has 0 aromatic rings. The van der Waals surface area contributed by atoms with Crippen LogP contribution in [0.15, 0.2) is 34.1 Å². The van der Waals surface area contributed by atoms with Crippen LogP contribution in [0.1, 0.15) is 78.1 Å². The number of aliphatic imine (C=N–C) groups is 1. The summed E-state index contributed by atoms with van der Waals surface area (Å²) in [5.41, 5.74) is 7.32.